The monoisotopic (exact) mass is 293 g/mol. The first-order valence-electron chi connectivity index (χ1n) is 7.21. The molecule has 1 aromatic carbocycles. The van der Waals surface area contributed by atoms with Gasteiger partial charge in [0.1, 0.15) is 5.75 Å². The van der Waals surface area contributed by atoms with Gasteiger partial charge in [-0.1, -0.05) is 6.92 Å². The van der Waals surface area contributed by atoms with E-state index in [1.54, 1.807) is 29.6 Å². The van der Waals surface area contributed by atoms with Crippen LogP contribution >= 0.6 is 0 Å². The largest absolute Gasteiger partial charge is 0.494 e. The van der Waals surface area contributed by atoms with Crippen LogP contribution in [0, 0.1) is 0 Å². The molecule has 0 radical (unpaired) electrons. The van der Waals surface area contributed by atoms with Gasteiger partial charge in [0.2, 0.25) is 5.91 Å². The van der Waals surface area contributed by atoms with Crippen LogP contribution in [0.3, 0.4) is 0 Å². The van der Waals surface area contributed by atoms with Gasteiger partial charge in [-0.15, -0.1) is 0 Å². The molecule has 1 aromatic rings. The second kappa shape index (κ2) is 7.19. The minimum Gasteiger partial charge on any atom is -0.494 e. The molecule has 1 fully saturated rings. The number of aliphatic hydroxyl groups is 1. The zero-order valence-corrected chi connectivity index (χ0v) is 12.1. The number of nitrogens with two attached hydrogens (primary N) is 1. The summed E-state index contributed by atoms with van der Waals surface area (Å²) in [5.74, 6) is 0.292. The highest BCUT2D eigenvalue weighted by molar-refractivity contribution is 6.21. The molecule has 6 nitrogen and oxygen atoms in total. The molecule has 0 saturated carbocycles. The second-order valence-corrected chi connectivity index (χ2v) is 4.97. The van der Waals surface area contributed by atoms with E-state index in [0.717, 1.165) is 12.2 Å². The van der Waals surface area contributed by atoms with Crippen LogP contribution in [0.4, 0.5) is 5.69 Å². The molecule has 1 atom stereocenters. The summed E-state index contributed by atoms with van der Waals surface area (Å²) >= 11 is 0. The first kappa shape index (κ1) is 15.5. The van der Waals surface area contributed by atoms with Crippen LogP contribution in [0.5, 0.6) is 5.75 Å². The van der Waals surface area contributed by atoms with Gasteiger partial charge in [-0.3, -0.25) is 9.59 Å². The maximum Gasteiger partial charge on any atom is 0.292 e. The van der Waals surface area contributed by atoms with E-state index in [9.17, 15) is 9.59 Å². The highest BCUT2D eigenvalue weighted by atomic mass is 16.5. The third kappa shape index (κ3) is 3.59. The van der Waals surface area contributed by atoms with Crippen molar-refractivity contribution in [2.75, 3.05) is 24.7 Å². The van der Waals surface area contributed by atoms with Crippen LogP contribution in [0.2, 0.25) is 0 Å². The van der Waals surface area contributed by atoms with Crippen molar-refractivity contribution in [1.82, 2.24) is 0 Å². The fourth-order valence-electron chi connectivity index (χ4n) is 2.30. The molecule has 1 aliphatic rings. The van der Waals surface area contributed by atoms with Crippen molar-refractivity contribution in [1.29, 1.82) is 0 Å². The Morgan fingerprint density at radius 1 is 1.33 bits per heavy atom. The van der Waals surface area contributed by atoms with Crippen molar-refractivity contribution >= 4 is 17.5 Å². The highest BCUT2D eigenvalue weighted by Crippen LogP contribution is 2.24. The summed E-state index contributed by atoms with van der Waals surface area (Å²) in [6, 6.07) is 6.53. The Hall–Kier alpha value is -1.92. The SMILES string of the molecule is CCCOc1ccc(N2C(=O)C[C@@H]([NH2+]CCO)C2=O)cc1. The van der Waals surface area contributed by atoms with Gasteiger partial charge in [-0.25, -0.2) is 4.90 Å². The number of imide groups is 1. The number of aliphatic hydroxyl groups excluding tert-OH is 1. The molecule has 0 unspecified atom stereocenters. The van der Waals surface area contributed by atoms with Gasteiger partial charge >= 0.3 is 0 Å². The lowest BCUT2D eigenvalue weighted by Crippen LogP contribution is -2.92. The van der Waals surface area contributed by atoms with E-state index in [1.807, 2.05) is 6.92 Å². The van der Waals surface area contributed by atoms with E-state index in [1.165, 1.54) is 4.90 Å². The van der Waals surface area contributed by atoms with Crippen LogP contribution in [0.1, 0.15) is 19.8 Å². The van der Waals surface area contributed by atoms with E-state index >= 15 is 0 Å². The number of carbonyl (C=O) groups excluding carboxylic acids is 2. The van der Waals surface area contributed by atoms with Crippen LogP contribution in [-0.4, -0.2) is 42.7 Å². The van der Waals surface area contributed by atoms with Gasteiger partial charge in [-0.2, -0.15) is 0 Å². The summed E-state index contributed by atoms with van der Waals surface area (Å²) < 4.78 is 5.48. The van der Waals surface area contributed by atoms with E-state index < -0.39 is 6.04 Å². The predicted molar refractivity (Wildman–Crippen MR) is 77.0 cm³/mol. The number of hydrogen-bond acceptors (Lipinski definition) is 4. The summed E-state index contributed by atoms with van der Waals surface area (Å²) in [5, 5.41) is 10.5. The minimum absolute atomic E-state index is 0.0125. The van der Waals surface area contributed by atoms with Crippen molar-refractivity contribution in [2.45, 2.75) is 25.8 Å². The molecule has 0 aliphatic carbocycles. The van der Waals surface area contributed by atoms with Gasteiger partial charge in [0, 0.05) is 0 Å². The molecule has 1 saturated heterocycles. The summed E-state index contributed by atoms with van der Waals surface area (Å²) in [6.45, 7) is 3.07. The van der Waals surface area contributed by atoms with Gasteiger partial charge in [0.15, 0.2) is 6.04 Å². The summed E-state index contributed by atoms with van der Waals surface area (Å²) in [5.41, 5.74) is 0.564. The Kier molecular flexibility index (Phi) is 5.30. The lowest BCUT2D eigenvalue weighted by atomic mass is 10.2. The van der Waals surface area contributed by atoms with E-state index in [-0.39, 0.29) is 24.8 Å². The number of carbonyl (C=O) groups is 2. The Labute approximate surface area is 123 Å². The van der Waals surface area contributed by atoms with E-state index in [4.69, 9.17) is 9.84 Å². The Balaban J connectivity index is 2.06. The van der Waals surface area contributed by atoms with Crippen LogP contribution < -0.4 is 15.0 Å². The Morgan fingerprint density at radius 2 is 2.05 bits per heavy atom. The molecule has 2 amide bonds. The van der Waals surface area contributed by atoms with Crippen molar-refractivity contribution in [2.24, 2.45) is 0 Å². The molecular weight excluding hydrogens is 272 g/mol. The van der Waals surface area contributed by atoms with Gasteiger partial charge in [-0.05, 0) is 30.7 Å². The van der Waals surface area contributed by atoms with Crippen LogP contribution in [-0.2, 0) is 9.59 Å². The molecule has 3 N–H and O–H groups in total. The minimum atomic E-state index is -0.430. The molecule has 1 heterocycles. The lowest BCUT2D eigenvalue weighted by molar-refractivity contribution is -0.675. The molecule has 2 rings (SSSR count). The molecule has 1 aliphatic heterocycles. The summed E-state index contributed by atoms with van der Waals surface area (Å²) in [4.78, 5) is 25.5. The lowest BCUT2D eigenvalue weighted by Gasteiger charge is -2.14. The average Bonchev–Trinajstić information content (AvgIpc) is 2.78. The zero-order chi connectivity index (χ0) is 15.2. The molecule has 114 valence electrons. The van der Waals surface area contributed by atoms with Crippen molar-refractivity contribution < 1.29 is 24.7 Å². The number of nitrogens with zero attached hydrogens (tertiary/aromatic N) is 1. The third-order valence-corrected chi connectivity index (χ3v) is 3.33. The molecular formula is C15H21N2O4+. The summed E-state index contributed by atoms with van der Waals surface area (Å²) in [7, 11) is 0. The Bertz CT molecular complexity index is 501. The average molecular weight is 293 g/mol. The normalized spacial score (nSPS) is 18.4. The summed E-state index contributed by atoms with van der Waals surface area (Å²) in [6.07, 6.45) is 1.10. The van der Waals surface area contributed by atoms with E-state index in [0.29, 0.717) is 18.8 Å². The first-order chi connectivity index (χ1) is 10.2. The van der Waals surface area contributed by atoms with Gasteiger partial charge < -0.3 is 15.2 Å². The van der Waals surface area contributed by atoms with Crippen molar-refractivity contribution in [3.05, 3.63) is 24.3 Å². The molecule has 0 spiro atoms. The molecule has 0 aromatic heterocycles. The number of hydrogen-bond donors (Lipinski definition) is 2. The van der Waals surface area contributed by atoms with Crippen LogP contribution in [0.25, 0.3) is 0 Å². The van der Waals surface area contributed by atoms with Crippen LogP contribution in [0.15, 0.2) is 24.3 Å². The quantitative estimate of drug-likeness (QED) is 0.674. The maximum absolute atomic E-state index is 12.2. The van der Waals surface area contributed by atoms with Crippen molar-refractivity contribution in [3.8, 4) is 5.75 Å². The van der Waals surface area contributed by atoms with Gasteiger partial charge in [0.25, 0.3) is 5.91 Å². The smallest absolute Gasteiger partial charge is 0.292 e. The Morgan fingerprint density at radius 3 is 2.67 bits per heavy atom. The molecule has 21 heavy (non-hydrogen) atoms. The first-order valence-corrected chi connectivity index (χ1v) is 7.21. The standard InChI is InChI=1S/C15H20N2O4/c1-2-9-21-12-5-3-11(4-6-12)17-14(19)10-13(15(17)20)16-7-8-18/h3-6,13,16,18H,2,7-10H2,1H3/p+1/t13-/m1/s1. The number of ether oxygens (including phenoxy) is 1. The predicted octanol–water partition coefficient (Wildman–Crippen LogP) is -0.337. The molecule has 6 heteroatoms. The van der Waals surface area contributed by atoms with Crippen molar-refractivity contribution in [3.63, 3.8) is 0 Å². The number of anilines is 1. The topological polar surface area (TPSA) is 83.4 Å². The van der Waals surface area contributed by atoms with E-state index in [2.05, 4.69) is 0 Å². The fourth-order valence-corrected chi connectivity index (χ4v) is 2.30. The number of quaternary nitrogens is 1. The number of rotatable bonds is 7. The highest BCUT2D eigenvalue weighted by Gasteiger charge is 2.41. The molecule has 0 bridgehead atoms. The third-order valence-electron chi connectivity index (χ3n) is 3.33. The van der Waals surface area contributed by atoms with Gasteiger partial charge in [0.05, 0.1) is 31.9 Å². The second-order valence-electron chi connectivity index (χ2n) is 4.97. The number of benzene rings is 1. The maximum atomic E-state index is 12.2. The number of amides is 2. The fraction of sp³-hybridized carbons (Fsp3) is 0.467. The zero-order valence-electron chi connectivity index (χ0n) is 12.1.